The number of nitrogens with zero attached hydrogens (tertiary/aromatic N) is 1. The first kappa shape index (κ1) is 12.9. The number of rotatable bonds is 7. The van der Waals surface area contributed by atoms with Crippen LogP contribution in [0.1, 0.15) is 25.7 Å². The summed E-state index contributed by atoms with van der Waals surface area (Å²) in [5.74, 6) is 0.868. The average Bonchev–Trinajstić information content (AvgIpc) is 2.24. The van der Waals surface area contributed by atoms with Gasteiger partial charge in [0, 0.05) is 0 Å². The Balaban J connectivity index is 1.83. The zero-order valence-electron chi connectivity index (χ0n) is 10.4. The van der Waals surface area contributed by atoms with Gasteiger partial charge in [0.25, 0.3) is 0 Å². The SMILES string of the molecule is CN(C)CCCCNCC1CCCNC1. The quantitative estimate of drug-likeness (QED) is 0.616. The van der Waals surface area contributed by atoms with E-state index < -0.39 is 0 Å². The van der Waals surface area contributed by atoms with Gasteiger partial charge in [0.05, 0.1) is 0 Å². The minimum atomic E-state index is 0.868. The molecule has 1 unspecified atom stereocenters. The van der Waals surface area contributed by atoms with Crippen LogP contribution < -0.4 is 10.6 Å². The van der Waals surface area contributed by atoms with Gasteiger partial charge in [-0.25, -0.2) is 0 Å². The van der Waals surface area contributed by atoms with Gasteiger partial charge < -0.3 is 15.5 Å². The van der Waals surface area contributed by atoms with Gasteiger partial charge in [-0.2, -0.15) is 0 Å². The van der Waals surface area contributed by atoms with E-state index in [4.69, 9.17) is 0 Å². The van der Waals surface area contributed by atoms with Gasteiger partial charge in [-0.05, 0) is 78.4 Å². The van der Waals surface area contributed by atoms with Crippen molar-refractivity contribution in [3.8, 4) is 0 Å². The molecule has 1 atom stereocenters. The molecule has 1 rings (SSSR count). The average molecular weight is 213 g/mol. The van der Waals surface area contributed by atoms with E-state index in [0.717, 1.165) is 5.92 Å². The number of piperidine rings is 1. The first-order valence-electron chi connectivity index (χ1n) is 6.35. The molecule has 3 heteroatoms. The third-order valence-corrected chi connectivity index (χ3v) is 3.04. The van der Waals surface area contributed by atoms with Gasteiger partial charge >= 0.3 is 0 Å². The summed E-state index contributed by atoms with van der Waals surface area (Å²) in [5.41, 5.74) is 0. The molecule has 15 heavy (non-hydrogen) atoms. The van der Waals surface area contributed by atoms with Gasteiger partial charge in [0.2, 0.25) is 0 Å². The summed E-state index contributed by atoms with van der Waals surface area (Å²) in [7, 11) is 4.28. The van der Waals surface area contributed by atoms with E-state index in [2.05, 4.69) is 29.6 Å². The lowest BCUT2D eigenvalue weighted by Gasteiger charge is -2.23. The molecule has 90 valence electrons. The lowest BCUT2D eigenvalue weighted by Crippen LogP contribution is -2.36. The standard InChI is InChI=1S/C12H27N3/c1-15(2)9-4-3-7-13-10-12-6-5-8-14-11-12/h12-14H,3-11H2,1-2H3. The highest BCUT2D eigenvalue weighted by Gasteiger charge is 2.11. The van der Waals surface area contributed by atoms with E-state index in [9.17, 15) is 0 Å². The Bertz CT molecular complexity index is 142. The van der Waals surface area contributed by atoms with Crippen LogP contribution in [0.4, 0.5) is 0 Å². The van der Waals surface area contributed by atoms with Crippen molar-refractivity contribution in [3.63, 3.8) is 0 Å². The summed E-state index contributed by atoms with van der Waals surface area (Å²) in [6.07, 6.45) is 5.37. The number of nitrogens with one attached hydrogen (secondary N) is 2. The molecule has 1 fully saturated rings. The highest BCUT2D eigenvalue weighted by molar-refractivity contribution is 4.70. The van der Waals surface area contributed by atoms with Gasteiger partial charge in [-0.3, -0.25) is 0 Å². The van der Waals surface area contributed by atoms with Crippen molar-refractivity contribution in [1.82, 2.24) is 15.5 Å². The molecule has 1 saturated heterocycles. The third-order valence-electron chi connectivity index (χ3n) is 3.04. The van der Waals surface area contributed by atoms with Crippen LogP contribution in [0.2, 0.25) is 0 Å². The Kier molecular flexibility index (Phi) is 6.98. The molecule has 2 N–H and O–H groups in total. The second kappa shape index (κ2) is 8.08. The molecular weight excluding hydrogens is 186 g/mol. The first-order valence-corrected chi connectivity index (χ1v) is 6.35. The maximum absolute atomic E-state index is 3.57. The molecule has 0 amide bonds. The molecule has 0 radical (unpaired) electrons. The summed E-state index contributed by atoms with van der Waals surface area (Å²) in [6, 6.07) is 0. The van der Waals surface area contributed by atoms with Crippen molar-refractivity contribution in [2.45, 2.75) is 25.7 Å². The first-order chi connectivity index (χ1) is 7.29. The number of unbranched alkanes of at least 4 members (excludes halogenated alkanes) is 1. The number of hydrogen-bond donors (Lipinski definition) is 2. The Morgan fingerprint density at radius 2 is 2.20 bits per heavy atom. The monoisotopic (exact) mass is 213 g/mol. The molecule has 0 aliphatic carbocycles. The van der Waals surface area contributed by atoms with Crippen LogP contribution in [0, 0.1) is 5.92 Å². The van der Waals surface area contributed by atoms with Crippen molar-refractivity contribution in [1.29, 1.82) is 0 Å². The fourth-order valence-electron chi connectivity index (χ4n) is 2.08. The third kappa shape index (κ3) is 6.88. The Labute approximate surface area is 94.6 Å². The highest BCUT2D eigenvalue weighted by Crippen LogP contribution is 2.07. The van der Waals surface area contributed by atoms with Crippen LogP contribution in [-0.2, 0) is 0 Å². The van der Waals surface area contributed by atoms with Crippen molar-refractivity contribution < 1.29 is 0 Å². The maximum atomic E-state index is 3.57. The molecule has 0 spiro atoms. The summed E-state index contributed by atoms with van der Waals surface area (Å²) in [5, 5.41) is 7.03. The topological polar surface area (TPSA) is 27.3 Å². The zero-order valence-corrected chi connectivity index (χ0v) is 10.4. The van der Waals surface area contributed by atoms with Crippen molar-refractivity contribution >= 4 is 0 Å². The molecule has 0 bridgehead atoms. The molecule has 1 aliphatic rings. The van der Waals surface area contributed by atoms with Gasteiger partial charge in [0.15, 0.2) is 0 Å². The van der Waals surface area contributed by atoms with Gasteiger partial charge in [-0.15, -0.1) is 0 Å². The second-order valence-corrected chi connectivity index (χ2v) is 4.93. The molecule has 0 aromatic carbocycles. The Morgan fingerprint density at radius 1 is 1.33 bits per heavy atom. The maximum Gasteiger partial charge on any atom is -0.000837 e. The summed E-state index contributed by atoms with van der Waals surface area (Å²) in [4.78, 5) is 2.26. The normalized spacial score (nSPS) is 22.2. The summed E-state index contributed by atoms with van der Waals surface area (Å²) >= 11 is 0. The van der Waals surface area contributed by atoms with E-state index in [1.807, 2.05) is 0 Å². The fourth-order valence-corrected chi connectivity index (χ4v) is 2.08. The zero-order chi connectivity index (χ0) is 10.9. The van der Waals surface area contributed by atoms with E-state index in [1.54, 1.807) is 0 Å². The predicted octanol–water partition coefficient (Wildman–Crippen LogP) is 0.917. The molecule has 0 aromatic rings. The smallest absolute Gasteiger partial charge is 0.000837 e. The van der Waals surface area contributed by atoms with Crippen molar-refractivity contribution in [3.05, 3.63) is 0 Å². The second-order valence-electron chi connectivity index (χ2n) is 4.93. The fraction of sp³-hybridized carbons (Fsp3) is 1.00. The molecule has 0 saturated carbocycles. The Morgan fingerprint density at radius 3 is 2.87 bits per heavy atom. The van der Waals surface area contributed by atoms with Gasteiger partial charge in [-0.1, -0.05) is 0 Å². The minimum absolute atomic E-state index is 0.868. The van der Waals surface area contributed by atoms with Gasteiger partial charge in [0.1, 0.15) is 0 Å². The van der Waals surface area contributed by atoms with E-state index in [1.165, 1.54) is 58.4 Å². The molecule has 3 nitrogen and oxygen atoms in total. The van der Waals surface area contributed by atoms with Crippen LogP contribution in [0.25, 0.3) is 0 Å². The Hall–Kier alpha value is -0.120. The van der Waals surface area contributed by atoms with E-state index >= 15 is 0 Å². The lowest BCUT2D eigenvalue weighted by atomic mass is 10.00. The molecule has 1 heterocycles. The van der Waals surface area contributed by atoms with Crippen LogP contribution in [0.5, 0.6) is 0 Å². The molecule has 1 aliphatic heterocycles. The highest BCUT2D eigenvalue weighted by atomic mass is 15.0. The molecule has 0 aromatic heterocycles. The van der Waals surface area contributed by atoms with Crippen molar-refractivity contribution in [2.24, 2.45) is 5.92 Å². The van der Waals surface area contributed by atoms with Crippen LogP contribution in [-0.4, -0.2) is 51.7 Å². The van der Waals surface area contributed by atoms with E-state index in [0.29, 0.717) is 0 Å². The van der Waals surface area contributed by atoms with Crippen LogP contribution in [0.15, 0.2) is 0 Å². The lowest BCUT2D eigenvalue weighted by molar-refractivity contribution is 0.354. The predicted molar refractivity (Wildman–Crippen MR) is 66.3 cm³/mol. The molecular formula is C12H27N3. The summed E-state index contributed by atoms with van der Waals surface area (Å²) in [6.45, 7) is 6.04. The van der Waals surface area contributed by atoms with Crippen LogP contribution >= 0.6 is 0 Å². The van der Waals surface area contributed by atoms with Crippen molar-refractivity contribution in [2.75, 3.05) is 46.8 Å². The minimum Gasteiger partial charge on any atom is -0.316 e. The summed E-state index contributed by atoms with van der Waals surface area (Å²) < 4.78 is 0. The largest absolute Gasteiger partial charge is 0.316 e. The number of hydrogen-bond acceptors (Lipinski definition) is 3. The van der Waals surface area contributed by atoms with E-state index in [-0.39, 0.29) is 0 Å². The van der Waals surface area contributed by atoms with Crippen LogP contribution in [0.3, 0.4) is 0 Å².